The number of benzene rings is 1. The normalized spacial score (nSPS) is 24.4. The Morgan fingerprint density at radius 3 is 2.78 bits per heavy atom. The van der Waals surface area contributed by atoms with Crippen molar-refractivity contribution in [2.45, 2.75) is 6.04 Å². The van der Waals surface area contributed by atoms with Crippen LogP contribution in [0.3, 0.4) is 0 Å². The Bertz CT molecular complexity index is 485. The fraction of sp³-hybridized carbons (Fsp3) is 0.462. The molecule has 1 saturated heterocycles. The summed E-state index contributed by atoms with van der Waals surface area (Å²) in [6.07, 6.45) is 0. The molecule has 0 bridgehead atoms. The summed E-state index contributed by atoms with van der Waals surface area (Å²) < 4.78 is 0. The summed E-state index contributed by atoms with van der Waals surface area (Å²) in [5.41, 5.74) is 1.91. The minimum absolute atomic E-state index is 0.125. The average Bonchev–Trinajstić information content (AvgIpc) is 2.64. The smallest absolute Gasteiger partial charge is 0.248 e. The molecule has 3 rings (SSSR count). The van der Waals surface area contributed by atoms with E-state index in [0.29, 0.717) is 5.02 Å². The maximum atomic E-state index is 12.4. The van der Waals surface area contributed by atoms with Crippen LogP contribution in [0.15, 0.2) is 18.2 Å². The number of fused-ring (bicyclic) bond motifs is 1. The second-order valence-electron chi connectivity index (χ2n) is 4.76. The van der Waals surface area contributed by atoms with Gasteiger partial charge >= 0.3 is 0 Å². The third-order valence-corrected chi connectivity index (χ3v) is 4.03. The number of halogens is 1. The molecular weight excluding hydrogens is 250 g/mol. The molecule has 5 heteroatoms. The van der Waals surface area contributed by atoms with Crippen LogP contribution in [0.4, 0.5) is 5.69 Å². The zero-order valence-electron chi connectivity index (χ0n) is 10.3. The maximum absolute atomic E-state index is 12.4. The lowest BCUT2D eigenvalue weighted by Gasteiger charge is -2.31. The number of likely N-dealkylation sites (N-methyl/N-ethyl adjacent to an activating group) is 1. The summed E-state index contributed by atoms with van der Waals surface area (Å²) in [6, 6.07) is 5.60. The first-order chi connectivity index (χ1) is 8.70. The van der Waals surface area contributed by atoms with Gasteiger partial charge in [0, 0.05) is 38.8 Å². The van der Waals surface area contributed by atoms with Gasteiger partial charge in [-0.3, -0.25) is 9.69 Å². The first kappa shape index (κ1) is 12.0. The zero-order valence-corrected chi connectivity index (χ0v) is 11.1. The van der Waals surface area contributed by atoms with Crippen molar-refractivity contribution in [3.8, 4) is 0 Å². The molecule has 0 saturated carbocycles. The summed E-state index contributed by atoms with van der Waals surface area (Å²) in [6.45, 7) is 3.67. The predicted octanol–water partition coefficient (Wildman–Crippen LogP) is 1.26. The monoisotopic (exact) mass is 265 g/mol. The van der Waals surface area contributed by atoms with Gasteiger partial charge in [-0.25, -0.2) is 0 Å². The van der Waals surface area contributed by atoms with Crippen molar-refractivity contribution in [2.24, 2.45) is 0 Å². The molecule has 2 aliphatic rings. The number of rotatable bonds is 1. The summed E-state index contributed by atoms with van der Waals surface area (Å²) in [5.74, 6) is 0.125. The minimum Gasteiger partial charge on any atom is -0.314 e. The number of amides is 1. The molecule has 2 aliphatic heterocycles. The fourth-order valence-corrected chi connectivity index (χ4v) is 3.14. The van der Waals surface area contributed by atoms with E-state index in [9.17, 15) is 4.79 Å². The second kappa shape index (κ2) is 4.53. The van der Waals surface area contributed by atoms with Gasteiger partial charge in [-0.2, -0.15) is 0 Å². The molecule has 1 unspecified atom stereocenters. The fourth-order valence-electron chi connectivity index (χ4n) is 2.83. The Labute approximate surface area is 112 Å². The molecule has 18 heavy (non-hydrogen) atoms. The van der Waals surface area contributed by atoms with Crippen molar-refractivity contribution >= 4 is 23.2 Å². The molecule has 0 aliphatic carbocycles. The Morgan fingerprint density at radius 1 is 1.33 bits per heavy atom. The Kier molecular flexibility index (Phi) is 3.01. The first-order valence-corrected chi connectivity index (χ1v) is 6.58. The molecule has 0 aromatic heterocycles. The number of nitrogens with one attached hydrogen (secondary N) is 1. The molecule has 0 radical (unpaired) electrons. The highest BCUT2D eigenvalue weighted by atomic mass is 35.5. The van der Waals surface area contributed by atoms with Gasteiger partial charge in [-0.15, -0.1) is 0 Å². The Hall–Kier alpha value is -1.10. The molecule has 1 fully saturated rings. The van der Waals surface area contributed by atoms with Crippen LogP contribution >= 0.6 is 11.6 Å². The van der Waals surface area contributed by atoms with E-state index in [0.717, 1.165) is 37.4 Å². The van der Waals surface area contributed by atoms with Crippen LogP contribution in [0.25, 0.3) is 0 Å². The largest absolute Gasteiger partial charge is 0.314 e. The van der Waals surface area contributed by atoms with Crippen molar-refractivity contribution < 1.29 is 4.79 Å². The van der Waals surface area contributed by atoms with Gasteiger partial charge in [-0.1, -0.05) is 23.7 Å². The number of carbonyl (C=O) groups is 1. The van der Waals surface area contributed by atoms with Crippen molar-refractivity contribution in [2.75, 3.05) is 38.1 Å². The van der Waals surface area contributed by atoms with Crippen LogP contribution in [0.2, 0.25) is 5.02 Å². The van der Waals surface area contributed by atoms with E-state index in [1.54, 1.807) is 11.9 Å². The number of piperazine rings is 1. The van der Waals surface area contributed by atoms with Crippen molar-refractivity contribution in [3.05, 3.63) is 28.8 Å². The number of carbonyl (C=O) groups excluding carboxylic acids is 1. The van der Waals surface area contributed by atoms with Crippen molar-refractivity contribution in [1.82, 2.24) is 10.2 Å². The Morgan fingerprint density at radius 2 is 2.06 bits per heavy atom. The van der Waals surface area contributed by atoms with E-state index in [-0.39, 0.29) is 11.9 Å². The third-order valence-electron chi connectivity index (χ3n) is 3.73. The molecule has 1 aromatic rings. The first-order valence-electron chi connectivity index (χ1n) is 6.21. The highest BCUT2D eigenvalue weighted by Crippen LogP contribution is 2.42. The van der Waals surface area contributed by atoms with Crippen molar-refractivity contribution in [3.63, 3.8) is 0 Å². The van der Waals surface area contributed by atoms with E-state index in [4.69, 9.17) is 11.6 Å². The van der Waals surface area contributed by atoms with E-state index < -0.39 is 0 Å². The highest BCUT2D eigenvalue weighted by molar-refractivity contribution is 6.34. The summed E-state index contributed by atoms with van der Waals surface area (Å²) in [7, 11) is 1.80. The van der Waals surface area contributed by atoms with E-state index in [1.165, 1.54) is 0 Å². The minimum atomic E-state index is -0.161. The van der Waals surface area contributed by atoms with E-state index in [2.05, 4.69) is 10.2 Å². The Balaban J connectivity index is 2.01. The summed E-state index contributed by atoms with van der Waals surface area (Å²) >= 11 is 6.21. The molecular formula is C13H16ClN3O. The van der Waals surface area contributed by atoms with E-state index in [1.807, 2.05) is 18.2 Å². The van der Waals surface area contributed by atoms with Crippen LogP contribution in [0, 0.1) is 0 Å². The van der Waals surface area contributed by atoms with Gasteiger partial charge in [0.25, 0.3) is 0 Å². The van der Waals surface area contributed by atoms with Gasteiger partial charge in [-0.05, 0) is 6.07 Å². The summed E-state index contributed by atoms with van der Waals surface area (Å²) in [4.78, 5) is 16.3. The molecule has 1 atom stereocenters. The number of nitrogens with zero attached hydrogens (tertiary/aromatic N) is 2. The predicted molar refractivity (Wildman–Crippen MR) is 72.0 cm³/mol. The van der Waals surface area contributed by atoms with Gasteiger partial charge in [0.2, 0.25) is 5.91 Å². The SMILES string of the molecule is CN1C(=O)C(N2CCNCC2)c2cccc(Cl)c21. The number of anilines is 1. The van der Waals surface area contributed by atoms with Crippen LogP contribution in [-0.2, 0) is 4.79 Å². The van der Waals surface area contributed by atoms with Gasteiger partial charge in [0.1, 0.15) is 6.04 Å². The zero-order chi connectivity index (χ0) is 12.7. The van der Waals surface area contributed by atoms with Crippen molar-refractivity contribution in [1.29, 1.82) is 0 Å². The molecule has 2 heterocycles. The average molecular weight is 266 g/mol. The molecule has 0 spiro atoms. The lowest BCUT2D eigenvalue weighted by molar-refractivity contribution is -0.123. The molecule has 1 N–H and O–H groups in total. The van der Waals surface area contributed by atoms with Gasteiger partial charge < -0.3 is 10.2 Å². The van der Waals surface area contributed by atoms with Crippen LogP contribution in [0.5, 0.6) is 0 Å². The molecule has 1 amide bonds. The highest BCUT2D eigenvalue weighted by Gasteiger charge is 2.40. The van der Waals surface area contributed by atoms with E-state index >= 15 is 0 Å². The molecule has 1 aromatic carbocycles. The number of hydrogen-bond acceptors (Lipinski definition) is 3. The second-order valence-corrected chi connectivity index (χ2v) is 5.17. The van der Waals surface area contributed by atoms with Crippen LogP contribution in [-0.4, -0.2) is 44.0 Å². The third kappa shape index (κ3) is 1.72. The lowest BCUT2D eigenvalue weighted by Crippen LogP contribution is -2.47. The van der Waals surface area contributed by atoms with Crippen LogP contribution in [0.1, 0.15) is 11.6 Å². The van der Waals surface area contributed by atoms with Gasteiger partial charge in [0.15, 0.2) is 0 Å². The van der Waals surface area contributed by atoms with Crippen LogP contribution < -0.4 is 10.2 Å². The quantitative estimate of drug-likeness (QED) is 0.831. The maximum Gasteiger partial charge on any atom is 0.248 e. The van der Waals surface area contributed by atoms with Gasteiger partial charge in [0.05, 0.1) is 10.7 Å². The number of hydrogen-bond donors (Lipinski definition) is 1. The molecule has 4 nitrogen and oxygen atoms in total. The molecule has 96 valence electrons. The lowest BCUT2D eigenvalue weighted by atomic mass is 10.1. The topological polar surface area (TPSA) is 35.6 Å². The number of para-hydroxylation sites is 1. The summed E-state index contributed by atoms with van der Waals surface area (Å²) in [5, 5.41) is 3.96. The standard InChI is InChI=1S/C13H16ClN3O/c1-16-11-9(3-2-4-10(11)14)12(13(16)18)17-7-5-15-6-8-17/h2-4,12,15H,5-8H2,1H3.